The molecule has 96 valence electrons. The van der Waals surface area contributed by atoms with Crippen molar-refractivity contribution in [3.8, 4) is 5.75 Å². The van der Waals surface area contributed by atoms with Gasteiger partial charge in [0, 0.05) is 6.54 Å². The molecule has 0 amide bonds. The van der Waals surface area contributed by atoms with Crippen LogP contribution in [0.15, 0.2) is 42.5 Å². The normalized spacial score (nSPS) is 11.6. The van der Waals surface area contributed by atoms with Gasteiger partial charge in [-0.2, -0.15) is 0 Å². The van der Waals surface area contributed by atoms with Gasteiger partial charge in [0.1, 0.15) is 12.4 Å². The predicted octanol–water partition coefficient (Wildman–Crippen LogP) is 1.77. The van der Waals surface area contributed by atoms with Crippen LogP contribution < -0.4 is 9.46 Å². The molecule has 4 nitrogen and oxygen atoms in total. The fourth-order valence-electron chi connectivity index (χ4n) is 1.65. The van der Waals surface area contributed by atoms with Crippen molar-refractivity contribution >= 4 is 20.8 Å². The monoisotopic (exact) mass is 265 g/mol. The molecule has 0 fully saturated rings. The molecular weight excluding hydrogens is 250 g/mol. The molecule has 0 bridgehead atoms. The molecule has 0 saturated carbocycles. The summed E-state index contributed by atoms with van der Waals surface area (Å²) in [5.41, 5.74) is 0. The summed E-state index contributed by atoms with van der Waals surface area (Å²) < 4.78 is 29.6. The lowest BCUT2D eigenvalue weighted by Crippen LogP contribution is -2.26. The Balaban J connectivity index is 1.96. The molecular formula is C13H15NO3S. The number of hydrogen-bond acceptors (Lipinski definition) is 3. The van der Waals surface area contributed by atoms with Crippen molar-refractivity contribution in [1.29, 1.82) is 0 Å². The fourth-order valence-corrected chi connectivity index (χ4v) is 2.11. The lowest BCUT2D eigenvalue weighted by molar-refractivity contribution is 0.323. The molecule has 0 unspecified atom stereocenters. The van der Waals surface area contributed by atoms with Crippen LogP contribution in [0.5, 0.6) is 5.75 Å². The average Bonchev–Trinajstić information content (AvgIpc) is 2.33. The zero-order valence-corrected chi connectivity index (χ0v) is 10.9. The molecule has 5 heteroatoms. The maximum Gasteiger partial charge on any atom is 0.208 e. The number of nitrogens with one attached hydrogen (secondary N) is 1. The maximum atomic E-state index is 10.9. The van der Waals surface area contributed by atoms with Crippen LogP contribution in [0.2, 0.25) is 0 Å². The maximum absolute atomic E-state index is 10.9. The van der Waals surface area contributed by atoms with Crippen molar-refractivity contribution in [2.45, 2.75) is 0 Å². The van der Waals surface area contributed by atoms with E-state index in [0.717, 1.165) is 22.8 Å². The van der Waals surface area contributed by atoms with Gasteiger partial charge in [0.2, 0.25) is 10.0 Å². The van der Waals surface area contributed by atoms with E-state index >= 15 is 0 Å². The summed E-state index contributed by atoms with van der Waals surface area (Å²) in [6, 6.07) is 13.8. The Labute approximate surface area is 107 Å². The highest BCUT2D eigenvalue weighted by Crippen LogP contribution is 2.20. The Kier molecular flexibility index (Phi) is 3.84. The van der Waals surface area contributed by atoms with Crippen LogP contribution in [-0.4, -0.2) is 27.8 Å². The van der Waals surface area contributed by atoms with Gasteiger partial charge in [0.25, 0.3) is 0 Å². The Bertz CT molecular complexity index is 637. The van der Waals surface area contributed by atoms with Crippen LogP contribution in [0.25, 0.3) is 10.8 Å². The van der Waals surface area contributed by atoms with Crippen molar-refractivity contribution in [3.05, 3.63) is 42.5 Å². The Hall–Kier alpha value is -1.59. The summed E-state index contributed by atoms with van der Waals surface area (Å²) in [6.45, 7) is 0.580. The van der Waals surface area contributed by atoms with E-state index in [-0.39, 0.29) is 6.54 Å². The summed E-state index contributed by atoms with van der Waals surface area (Å²) >= 11 is 0. The minimum atomic E-state index is -3.14. The third kappa shape index (κ3) is 3.72. The van der Waals surface area contributed by atoms with E-state index in [0.29, 0.717) is 6.61 Å². The van der Waals surface area contributed by atoms with Crippen LogP contribution in [-0.2, 0) is 10.0 Å². The van der Waals surface area contributed by atoms with Gasteiger partial charge < -0.3 is 4.74 Å². The van der Waals surface area contributed by atoms with Crippen molar-refractivity contribution in [3.63, 3.8) is 0 Å². The number of benzene rings is 2. The van der Waals surface area contributed by atoms with Gasteiger partial charge in [-0.1, -0.05) is 30.3 Å². The molecule has 0 spiro atoms. The van der Waals surface area contributed by atoms with Gasteiger partial charge in [0.05, 0.1) is 6.26 Å². The lowest BCUT2D eigenvalue weighted by Gasteiger charge is -2.07. The van der Waals surface area contributed by atoms with Crippen molar-refractivity contribution in [1.82, 2.24) is 4.72 Å². The first-order chi connectivity index (χ1) is 8.54. The number of ether oxygens (including phenoxy) is 1. The minimum absolute atomic E-state index is 0.270. The van der Waals surface area contributed by atoms with Crippen molar-refractivity contribution in [2.24, 2.45) is 0 Å². The highest BCUT2D eigenvalue weighted by molar-refractivity contribution is 7.88. The number of fused-ring (bicyclic) bond motifs is 1. The molecule has 2 aromatic rings. The Morgan fingerprint density at radius 1 is 1.11 bits per heavy atom. The van der Waals surface area contributed by atoms with Crippen LogP contribution in [0.3, 0.4) is 0 Å². The van der Waals surface area contributed by atoms with Gasteiger partial charge in [-0.05, 0) is 22.9 Å². The number of rotatable bonds is 5. The molecule has 0 saturated heterocycles. The summed E-state index contributed by atoms with van der Waals surface area (Å²) in [6.07, 6.45) is 1.13. The summed E-state index contributed by atoms with van der Waals surface area (Å²) in [5.74, 6) is 0.740. The standard InChI is InChI=1S/C13H15NO3S/c1-18(15,16)14-8-9-17-13-7-6-11-4-2-3-5-12(11)10-13/h2-7,10,14H,8-9H2,1H3. The molecule has 18 heavy (non-hydrogen) atoms. The number of hydrogen-bond donors (Lipinski definition) is 1. The van der Waals surface area contributed by atoms with E-state index in [9.17, 15) is 8.42 Å². The molecule has 0 atom stereocenters. The highest BCUT2D eigenvalue weighted by atomic mass is 32.2. The van der Waals surface area contributed by atoms with E-state index in [2.05, 4.69) is 4.72 Å². The lowest BCUT2D eigenvalue weighted by atomic mass is 10.1. The molecule has 0 aromatic heterocycles. The van der Waals surface area contributed by atoms with E-state index in [1.54, 1.807) is 0 Å². The first kappa shape index (κ1) is 12.9. The second-order valence-corrected chi connectivity index (χ2v) is 5.86. The quantitative estimate of drug-likeness (QED) is 0.838. The predicted molar refractivity (Wildman–Crippen MR) is 72.3 cm³/mol. The Morgan fingerprint density at radius 3 is 2.56 bits per heavy atom. The van der Waals surface area contributed by atoms with Crippen molar-refractivity contribution in [2.75, 3.05) is 19.4 Å². The zero-order chi connectivity index (χ0) is 13.0. The smallest absolute Gasteiger partial charge is 0.208 e. The first-order valence-electron chi connectivity index (χ1n) is 5.61. The second-order valence-electron chi connectivity index (χ2n) is 4.02. The molecule has 0 aliphatic rings. The number of sulfonamides is 1. The molecule has 0 radical (unpaired) electrons. The summed E-state index contributed by atoms with van der Waals surface area (Å²) in [5, 5.41) is 2.25. The Morgan fingerprint density at radius 2 is 1.83 bits per heavy atom. The minimum Gasteiger partial charge on any atom is -0.492 e. The zero-order valence-electron chi connectivity index (χ0n) is 10.1. The van der Waals surface area contributed by atoms with Gasteiger partial charge in [0.15, 0.2) is 0 Å². The van der Waals surface area contributed by atoms with E-state index in [4.69, 9.17) is 4.74 Å². The summed E-state index contributed by atoms with van der Waals surface area (Å²) in [7, 11) is -3.14. The van der Waals surface area contributed by atoms with Crippen LogP contribution in [0, 0.1) is 0 Å². The van der Waals surface area contributed by atoms with E-state index < -0.39 is 10.0 Å². The van der Waals surface area contributed by atoms with Crippen LogP contribution in [0.4, 0.5) is 0 Å². The highest BCUT2D eigenvalue weighted by Gasteiger charge is 2.00. The molecule has 2 aromatic carbocycles. The molecule has 0 heterocycles. The van der Waals surface area contributed by atoms with Gasteiger partial charge >= 0.3 is 0 Å². The first-order valence-corrected chi connectivity index (χ1v) is 7.50. The molecule has 0 aliphatic heterocycles. The fraction of sp³-hybridized carbons (Fsp3) is 0.231. The van der Waals surface area contributed by atoms with Crippen LogP contribution in [0.1, 0.15) is 0 Å². The third-order valence-corrected chi connectivity index (χ3v) is 3.18. The van der Waals surface area contributed by atoms with Crippen molar-refractivity contribution < 1.29 is 13.2 Å². The topological polar surface area (TPSA) is 55.4 Å². The van der Waals surface area contributed by atoms with Gasteiger partial charge in [-0.3, -0.25) is 0 Å². The summed E-state index contributed by atoms with van der Waals surface area (Å²) in [4.78, 5) is 0. The second kappa shape index (κ2) is 5.37. The van der Waals surface area contributed by atoms with E-state index in [1.807, 2.05) is 42.5 Å². The van der Waals surface area contributed by atoms with Gasteiger partial charge in [-0.15, -0.1) is 0 Å². The third-order valence-electron chi connectivity index (χ3n) is 2.46. The molecule has 0 aliphatic carbocycles. The SMILES string of the molecule is CS(=O)(=O)NCCOc1ccc2ccccc2c1. The van der Waals surface area contributed by atoms with E-state index in [1.165, 1.54) is 0 Å². The molecule has 2 rings (SSSR count). The average molecular weight is 265 g/mol. The largest absolute Gasteiger partial charge is 0.492 e. The molecule has 1 N–H and O–H groups in total. The van der Waals surface area contributed by atoms with Gasteiger partial charge in [-0.25, -0.2) is 13.1 Å². The van der Waals surface area contributed by atoms with Crippen LogP contribution >= 0.6 is 0 Å².